The lowest BCUT2D eigenvalue weighted by atomic mass is 10.1. The molecule has 1 aromatic heterocycles. The Labute approximate surface area is 133 Å². The second-order valence-corrected chi connectivity index (χ2v) is 6.38. The van der Waals surface area contributed by atoms with Crippen molar-refractivity contribution >= 4 is 6.09 Å². The maximum atomic E-state index is 12.1. The van der Waals surface area contributed by atoms with Gasteiger partial charge in [-0.05, 0) is 44.0 Å². The summed E-state index contributed by atoms with van der Waals surface area (Å²) in [6.45, 7) is 6.89. The summed E-state index contributed by atoms with van der Waals surface area (Å²) in [4.78, 5) is 13.8. The lowest BCUT2D eigenvalue weighted by molar-refractivity contribution is 0.0242. The first-order chi connectivity index (χ1) is 10.9. The SMILES string of the molecule is CC(C)(C)OC(=O)N1Cc2ccc(OCc3nn[nH]n3)cc2C1. The van der Waals surface area contributed by atoms with Crippen LogP contribution >= 0.6 is 0 Å². The van der Waals surface area contributed by atoms with Crippen molar-refractivity contribution in [2.24, 2.45) is 0 Å². The monoisotopic (exact) mass is 317 g/mol. The summed E-state index contributed by atoms with van der Waals surface area (Å²) >= 11 is 0. The molecule has 0 saturated carbocycles. The average molecular weight is 317 g/mol. The molecule has 3 rings (SSSR count). The van der Waals surface area contributed by atoms with Gasteiger partial charge in [-0.15, -0.1) is 10.2 Å². The van der Waals surface area contributed by atoms with Gasteiger partial charge in [0, 0.05) is 13.1 Å². The molecule has 2 aromatic rings. The molecular formula is C15H19N5O3. The Morgan fingerprint density at radius 1 is 1.30 bits per heavy atom. The van der Waals surface area contributed by atoms with Crippen molar-refractivity contribution in [1.82, 2.24) is 25.5 Å². The smallest absolute Gasteiger partial charge is 0.410 e. The van der Waals surface area contributed by atoms with Crippen LogP contribution < -0.4 is 4.74 Å². The van der Waals surface area contributed by atoms with Crippen LogP contribution in [0.5, 0.6) is 5.75 Å². The highest BCUT2D eigenvalue weighted by atomic mass is 16.6. The van der Waals surface area contributed by atoms with E-state index in [2.05, 4.69) is 20.6 Å². The number of fused-ring (bicyclic) bond motifs is 1. The van der Waals surface area contributed by atoms with Gasteiger partial charge in [0.1, 0.15) is 11.4 Å². The fourth-order valence-electron chi connectivity index (χ4n) is 2.31. The van der Waals surface area contributed by atoms with Crippen molar-refractivity contribution in [3.8, 4) is 5.75 Å². The molecule has 0 fully saturated rings. The molecule has 1 aromatic carbocycles. The summed E-state index contributed by atoms with van der Waals surface area (Å²) < 4.78 is 11.0. The van der Waals surface area contributed by atoms with Gasteiger partial charge in [0.15, 0.2) is 6.61 Å². The number of nitrogens with one attached hydrogen (secondary N) is 1. The molecular weight excluding hydrogens is 298 g/mol. The molecule has 0 spiro atoms. The van der Waals surface area contributed by atoms with E-state index in [1.165, 1.54) is 0 Å². The van der Waals surface area contributed by atoms with Crippen molar-refractivity contribution in [2.75, 3.05) is 0 Å². The van der Waals surface area contributed by atoms with E-state index in [1.54, 1.807) is 4.90 Å². The molecule has 0 radical (unpaired) electrons. The number of rotatable bonds is 3. The lowest BCUT2D eigenvalue weighted by Gasteiger charge is -2.24. The van der Waals surface area contributed by atoms with E-state index in [9.17, 15) is 4.79 Å². The first kappa shape index (κ1) is 15.3. The normalized spacial score (nSPS) is 13.8. The van der Waals surface area contributed by atoms with Crippen LogP contribution in [0.1, 0.15) is 37.7 Å². The van der Waals surface area contributed by atoms with E-state index in [0.29, 0.717) is 24.7 Å². The van der Waals surface area contributed by atoms with Gasteiger partial charge in [-0.2, -0.15) is 5.21 Å². The van der Waals surface area contributed by atoms with E-state index in [0.717, 1.165) is 11.1 Å². The Hall–Kier alpha value is -2.64. The van der Waals surface area contributed by atoms with Crippen molar-refractivity contribution in [2.45, 2.75) is 46.1 Å². The average Bonchev–Trinajstić information content (AvgIpc) is 3.12. The number of aromatic nitrogens is 4. The molecule has 0 unspecified atom stereocenters. The van der Waals surface area contributed by atoms with E-state index in [-0.39, 0.29) is 12.7 Å². The van der Waals surface area contributed by atoms with Gasteiger partial charge in [0.25, 0.3) is 0 Å². The Balaban J connectivity index is 1.63. The molecule has 1 N–H and O–H groups in total. The number of carbonyl (C=O) groups excluding carboxylic acids is 1. The molecule has 0 bridgehead atoms. The highest BCUT2D eigenvalue weighted by Gasteiger charge is 2.27. The predicted octanol–water partition coefficient (Wildman–Crippen LogP) is 2.03. The van der Waals surface area contributed by atoms with E-state index >= 15 is 0 Å². The number of nitrogens with zero attached hydrogens (tertiary/aromatic N) is 4. The van der Waals surface area contributed by atoms with Crippen molar-refractivity contribution in [3.05, 3.63) is 35.2 Å². The lowest BCUT2D eigenvalue weighted by Crippen LogP contribution is -2.33. The largest absolute Gasteiger partial charge is 0.485 e. The van der Waals surface area contributed by atoms with Gasteiger partial charge in [-0.1, -0.05) is 11.3 Å². The predicted molar refractivity (Wildman–Crippen MR) is 80.4 cm³/mol. The van der Waals surface area contributed by atoms with E-state index in [4.69, 9.17) is 9.47 Å². The summed E-state index contributed by atoms with van der Waals surface area (Å²) in [5.41, 5.74) is 1.66. The number of tetrazole rings is 1. The van der Waals surface area contributed by atoms with Crippen LogP contribution in [0.25, 0.3) is 0 Å². The summed E-state index contributed by atoms with van der Waals surface area (Å²) in [6, 6.07) is 5.77. The standard InChI is InChI=1S/C15H19N5O3/c1-15(2,3)23-14(21)20-7-10-4-5-12(6-11(10)8-20)22-9-13-16-18-19-17-13/h4-6H,7-9H2,1-3H3,(H,16,17,18,19). The number of hydrogen-bond donors (Lipinski definition) is 1. The molecule has 8 nitrogen and oxygen atoms in total. The maximum Gasteiger partial charge on any atom is 0.410 e. The van der Waals surface area contributed by atoms with Crippen LogP contribution in [0, 0.1) is 0 Å². The number of carbonyl (C=O) groups is 1. The van der Waals surface area contributed by atoms with Crippen LogP contribution in [0.3, 0.4) is 0 Å². The Kier molecular flexibility index (Phi) is 3.89. The summed E-state index contributed by atoms with van der Waals surface area (Å²) in [6.07, 6.45) is -0.303. The minimum absolute atomic E-state index is 0.241. The van der Waals surface area contributed by atoms with Gasteiger partial charge in [-0.3, -0.25) is 4.90 Å². The van der Waals surface area contributed by atoms with Gasteiger partial charge >= 0.3 is 6.09 Å². The van der Waals surface area contributed by atoms with Crippen LogP contribution in [-0.4, -0.2) is 37.2 Å². The quantitative estimate of drug-likeness (QED) is 0.931. The molecule has 23 heavy (non-hydrogen) atoms. The Bertz CT molecular complexity index is 694. The molecule has 0 aliphatic carbocycles. The summed E-state index contributed by atoms with van der Waals surface area (Å²) in [5.74, 6) is 1.19. The highest BCUT2D eigenvalue weighted by molar-refractivity contribution is 5.69. The van der Waals surface area contributed by atoms with Gasteiger partial charge in [0.05, 0.1) is 0 Å². The fraction of sp³-hybridized carbons (Fsp3) is 0.467. The highest BCUT2D eigenvalue weighted by Crippen LogP contribution is 2.28. The molecule has 2 heterocycles. The third kappa shape index (κ3) is 3.77. The molecule has 122 valence electrons. The third-order valence-corrected chi connectivity index (χ3v) is 3.31. The number of ether oxygens (including phenoxy) is 2. The number of H-pyrrole nitrogens is 1. The van der Waals surface area contributed by atoms with Crippen LogP contribution in [0.2, 0.25) is 0 Å². The van der Waals surface area contributed by atoms with Crippen molar-refractivity contribution in [1.29, 1.82) is 0 Å². The zero-order valence-electron chi connectivity index (χ0n) is 13.4. The molecule has 1 amide bonds. The maximum absolute atomic E-state index is 12.1. The fourth-order valence-corrected chi connectivity index (χ4v) is 2.31. The zero-order chi connectivity index (χ0) is 16.4. The second kappa shape index (κ2) is 5.86. The molecule has 0 saturated heterocycles. The second-order valence-electron chi connectivity index (χ2n) is 6.38. The summed E-state index contributed by atoms with van der Waals surface area (Å²) in [7, 11) is 0. The molecule has 1 aliphatic heterocycles. The van der Waals surface area contributed by atoms with Crippen LogP contribution in [-0.2, 0) is 24.4 Å². The Morgan fingerprint density at radius 3 is 2.78 bits per heavy atom. The third-order valence-electron chi connectivity index (χ3n) is 3.31. The van der Waals surface area contributed by atoms with Crippen LogP contribution in [0.15, 0.2) is 18.2 Å². The first-order valence-electron chi connectivity index (χ1n) is 7.35. The minimum Gasteiger partial charge on any atom is -0.485 e. The van der Waals surface area contributed by atoms with Crippen molar-refractivity contribution < 1.29 is 14.3 Å². The van der Waals surface area contributed by atoms with E-state index < -0.39 is 5.60 Å². The summed E-state index contributed by atoms with van der Waals surface area (Å²) in [5, 5.41) is 13.5. The Morgan fingerprint density at radius 2 is 2.09 bits per heavy atom. The van der Waals surface area contributed by atoms with Crippen molar-refractivity contribution in [3.63, 3.8) is 0 Å². The number of benzene rings is 1. The van der Waals surface area contributed by atoms with Gasteiger partial charge < -0.3 is 9.47 Å². The number of hydrogen-bond acceptors (Lipinski definition) is 6. The first-order valence-corrected chi connectivity index (χ1v) is 7.35. The van der Waals surface area contributed by atoms with Crippen LogP contribution in [0.4, 0.5) is 4.79 Å². The topological polar surface area (TPSA) is 93.2 Å². The zero-order valence-corrected chi connectivity index (χ0v) is 13.4. The minimum atomic E-state index is -0.495. The number of aromatic amines is 1. The molecule has 1 aliphatic rings. The molecule has 8 heteroatoms. The molecule has 0 atom stereocenters. The van der Waals surface area contributed by atoms with E-state index in [1.807, 2.05) is 39.0 Å². The number of amides is 1. The van der Waals surface area contributed by atoms with Gasteiger partial charge in [-0.25, -0.2) is 4.79 Å². The van der Waals surface area contributed by atoms with Gasteiger partial charge in [0.2, 0.25) is 5.82 Å².